The molecule has 224 valence electrons. The molecule has 0 saturated carbocycles. The molecular formula is C26H54O11. The summed E-state index contributed by atoms with van der Waals surface area (Å²) >= 11 is 0. The average Bonchev–Trinajstić information content (AvgIpc) is 2.91. The fraction of sp³-hybridized carbons (Fsp3) is 1.00. The minimum atomic E-state index is 0.0302. The highest BCUT2D eigenvalue weighted by Crippen LogP contribution is 1.98. The Kier molecular flexibility index (Phi) is 35.1. The highest BCUT2D eigenvalue weighted by Gasteiger charge is 1.96. The van der Waals surface area contributed by atoms with Gasteiger partial charge in [0.15, 0.2) is 0 Å². The molecule has 0 rings (SSSR count). The van der Waals surface area contributed by atoms with E-state index < -0.39 is 0 Å². The summed E-state index contributed by atoms with van der Waals surface area (Å²) in [5.74, 6) is 0. The second kappa shape index (κ2) is 35.6. The summed E-state index contributed by atoms with van der Waals surface area (Å²) in [4.78, 5) is 0. The third-order valence-corrected chi connectivity index (χ3v) is 4.73. The predicted octanol–water partition coefficient (Wildman–Crippen LogP) is 1.73. The molecule has 0 bridgehead atoms. The van der Waals surface area contributed by atoms with E-state index in [1.807, 2.05) is 0 Å². The quantitative estimate of drug-likeness (QED) is 0.120. The van der Waals surface area contributed by atoms with E-state index in [9.17, 15) is 0 Å². The Hall–Kier alpha value is -0.440. The van der Waals surface area contributed by atoms with Crippen LogP contribution in [0.3, 0.4) is 0 Å². The van der Waals surface area contributed by atoms with Crippen molar-refractivity contribution in [3.63, 3.8) is 0 Å². The topological polar surface area (TPSA) is 113 Å². The maximum Gasteiger partial charge on any atom is 0.0701 e. The summed E-state index contributed by atoms with van der Waals surface area (Å²) in [6.45, 7) is 13.0. The summed E-state index contributed by atoms with van der Waals surface area (Å²) in [5, 5.41) is 8.56. The minimum Gasteiger partial charge on any atom is -0.394 e. The second-order valence-electron chi connectivity index (χ2n) is 7.91. The highest BCUT2D eigenvalue weighted by atomic mass is 16.6. The number of hydrogen-bond donors (Lipinski definition) is 1. The molecule has 0 aromatic carbocycles. The first-order valence-corrected chi connectivity index (χ1v) is 13.8. The van der Waals surface area contributed by atoms with E-state index in [4.69, 9.17) is 52.5 Å². The van der Waals surface area contributed by atoms with Crippen molar-refractivity contribution in [2.75, 3.05) is 139 Å². The van der Waals surface area contributed by atoms with Gasteiger partial charge < -0.3 is 52.5 Å². The number of rotatable bonds is 34. The van der Waals surface area contributed by atoms with Gasteiger partial charge in [0.1, 0.15) is 0 Å². The molecule has 0 heterocycles. The van der Waals surface area contributed by atoms with Gasteiger partial charge in [-0.3, -0.25) is 0 Å². The lowest BCUT2D eigenvalue weighted by atomic mass is 10.2. The van der Waals surface area contributed by atoms with Crippen LogP contribution >= 0.6 is 0 Å². The maximum atomic E-state index is 8.56. The first-order chi connectivity index (χ1) is 18.4. The largest absolute Gasteiger partial charge is 0.394 e. The van der Waals surface area contributed by atoms with Crippen molar-refractivity contribution in [3.8, 4) is 0 Å². The van der Waals surface area contributed by atoms with Crippen LogP contribution in [-0.4, -0.2) is 144 Å². The van der Waals surface area contributed by atoms with Crippen LogP contribution in [0.15, 0.2) is 0 Å². The molecule has 11 nitrogen and oxygen atoms in total. The summed E-state index contributed by atoms with van der Waals surface area (Å²) in [7, 11) is 0. The van der Waals surface area contributed by atoms with Gasteiger partial charge in [-0.05, 0) is 6.42 Å². The Morgan fingerprint density at radius 2 is 0.541 bits per heavy atom. The van der Waals surface area contributed by atoms with E-state index in [0.29, 0.717) is 126 Å². The van der Waals surface area contributed by atoms with Crippen molar-refractivity contribution >= 4 is 0 Å². The van der Waals surface area contributed by atoms with Gasteiger partial charge in [0, 0.05) is 6.61 Å². The van der Waals surface area contributed by atoms with Gasteiger partial charge >= 0.3 is 0 Å². The van der Waals surface area contributed by atoms with Crippen molar-refractivity contribution in [2.24, 2.45) is 0 Å². The number of aliphatic hydroxyl groups is 1. The van der Waals surface area contributed by atoms with E-state index in [2.05, 4.69) is 6.92 Å². The van der Waals surface area contributed by atoms with Crippen molar-refractivity contribution in [2.45, 2.75) is 32.6 Å². The van der Waals surface area contributed by atoms with Gasteiger partial charge in [-0.15, -0.1) is 0 Å². The van der Waals surface area contributed by atoms with Crippen LogP contribution in [-0.2, 0) is 47.4 Å². The number of aliphatic hydroxyl groups excluding tert-OH is 1. The molecule has 0 fully saturated rings. The fourth-order valence-electron chi connectivity index (χ4n) is 2.78. The lowest BCUT2D eigenvalue weighted by Gasteiger charge is -2.09. The van der Waals surface area contributed by atoms with E-state index in [1.54, 1.807) is 0 Å². The van der Waals surface area contributed by atoms with E-state index in [-0.39, 0.29) is 6.61 Å². The Morgan fingerprint density at radius 1 is 0.297 bits per heavy atom. The maximum absolute atomic E-state index is 8.56. The molecule has 0 unspecified atom stereocenters. The third kappa shape index (κ3) is 35.6. The summed E-state index contributed by atoms with van der Waals surface area (Å²) in [5.41, 5.74) is 0. The molecule has 0 aromatic heterocycles. The van der Waals surface area contributed by atoms with Gasteiger partial charge in [0.05, 0.1) is 132 Å². The first kappa shape index (κ1) is 36.6. The molecule has 0 spiro atoms. The summed E-state index contributed by atoms with van der Waals surface area (Å²) in [6.07, 6.45) is 4.90. The smallest absolute Gasteiger partial charge is 0.0701 e. The van der Waals surface area contributed by atoms with Crippen LogP contribution < -0.4 is 0 Å². The van der Waals surface area contributed by atoms with Crippen molar-refractivity contribution in [3.05, 3.63) is 0 Å². The molecule has 1 N–H and O–H groups in total. The molecule has 0 amide bonds. The zero-order valence-corrected chi connectivity index (χ0v) is 23.2. The minimum absolute atomic E-state index is 0.0302. The molecule has 0 radical (unpaired) electrons. The third-order valence-electron chi connectivity index (χ3n) is 4.73. The van der Waals surface area contributed by atoms with Gasteiger partial charge in [-0.25, -0.2) is 0 Å². The lowest BCUT2D eigenvalue weighted by molar-refractivity contribution is -0.0268. The zero-order valence-electron chi connectivity index (χ0n) is 23.2. The monoisotopic (exact) mass is 542 g/mol. The van der Waals surface area contributed by atoms with Crippen molar-refractivity contribution in [1.82, 2.24) is 0 Å². The van der Waals surface area contributed by atoms with Crippen LogP contribution in [0.2, 0.25) is 0 Å². The Balaban J connectivity index is 3.00. The average molecular weight is 543 g/mol. The molecule has 0 aliphatic carbocycles. The van der Waals surface area contributed by atoms with E-state index >= 15 is 0 Å². The Morgan fingerprint density at radius 3 is 0.784 bits per heavy atom. The van der Waals surface area contributed by atoms with Crippen LogP contribution in [0.1, 0.15) is 32.6 Å². The molecule has 0 aromatic rings. The van der Waals surface area contributed by atoms with Gasteiger partial charge in [-0.2, -0.15) is 0 Å². The molecule has 0 aliphatic rings. The Labute approximate surface area is 224 Å². The fourth-order valence-corrected chi connectivity index (χ4v) is 2.78. The second-order valence-corrected chi connectivity index (χ2v) is 7.91. The molecular weight excluding hydrogens is 488 g/mol. The van der Waals surface area contributed by atoms with Crippen LogP contribution in [0.25, 0.3) is 0 Å². The van der Waals surface area contributed by atoms with Crippen molar-refractivity contribution in [1.29, 1.82) is 0 Å². The van der Waals surface area contributed by atoms with E-state index in [1.165, 1.54) is 19.3 Å². The van der Waals surface area contributed by atoms with Gasteiger partial charge in [0.2, 0.25) is 0 Å². The molecule has 0 atom stereocenters. The molecule has 11 heteroatoms. The first-order valence-electron chi connectivity index (χ1n) is 13.8. The van der Waals surface area contributed by atoms with Crippen molar-refractivity contribution < 1.29 is 52.5 Å². The number of unbranched alkanes of at least 4 members (excludes halogenated alkanes) is 3. The van der Waals surface area contributed by atoms with Crippen LogP contribution in [0.5, 0.6) is 0 Å². The van der Waals surface area contributed by atoms with Gasteiger partial charge in [0.25, 0.3) is 0 Å². The number of hydrogen-bond acceptors (Lipinski definition) is 11. The standard InChI is InChI=1S/C26H54O11/c1-2-3-4-5-7-28-9-11-30-13-15-32-17-19-34-21-23-36-25-26-37-24-22-35-20-18-33-16-14-31-12-10-29-8-6-27/h27H,2-26H2,1H3. The normalized spacial score (nSPS) is 11.5. The van der Waals surface area contributed by atoms with E-state index in [0.717, 1.165) is 13.0 Å². The highest BCUT2D eigenvalue weighted by molar-refractivity contribution is 4.41. The SMILES string of the molecule is CCCCCCOCCOCCOCCOCCOCCOCCOCCOCCOCCOCCO. The zero-order chi connectivity index (χ0) is 26.7. The molecule has 0 saturated heterocycles. The van der Waals surface area contributed by atoms with Gasteiger partial charge in [-0.1, -0.05) is 26.2 Å². The number of ether oxygens (including phenoxy) is 10. The summed E-state index contributed by atoms with van der Waals surface area (Å²) < 4.78 is 54.0. The Bertz CT molecular complexity index is 358. The summed E-state index contributed by atoms with van der Waals surface area (Å²) in [6, 6.07) is 0. The van der Waals surface area contributed by atoms with Crippen LogP contribution in [0, 0.1) is 0 Å². The lowest BCUT2D eigenvalue weighted by Crippen LogP contribution is -2.15. The van der Waals surface area contributed by atoms with Crippen LogP contribution in [0.4, 0.5) is 0 Å². The molecule has 37 heavy (non-hydrogen) atoms. The predicted molar refractivity (Wildman–Crippen MR) is 139 cm³/mol. The molecule has 0 aliphatic heterocycles.